The Bertz CT molecular complexity index is 653. The molecule has 0 radical (unpaired) electrons. The summed E-state index contributed by atoms with van der Waals surface area (Å²) in [5.74, 6) is 1.51. The van der Waals surface area contributed by atoms with Gasteiger partial charge in [0.2, 0.25) is 17.7 Å². The van der Waals surface area contributed by atoms with Gasteiger partial charge >= 0.3 is 0 Å². The van der Waals surface area contributed by atoms with Crippen LogP contribution in [0.5, 0.6) is 0 Å². The molecule has 4 rings (SSSR count). The quantitative estimate of drug-likeness (QED) is 0.657. The number of nitrogens with two attached hydrogens (primary N) is 1. The van der Waals surface area contributed by atoms with Gasteiger partial charge in [-0.15, -0.1) is 0 Å². The van der Waals surface area contributed by atoms with Crippen molar-refractivity contribution >= 4 is 17.7 Å². The molecule has 4 aliphatic rings. The van der Waals surface area contributed by atoms with Crippen molar-refractivity contribution in [2.75, 3.05) is 19.6 Å². The average molecular weight is 419 g/mol. The molecule has 168 valence electrons. The molecular weight excluding hydrogens is 380 g/mol. The number of rotatable bonds is 7. The van der Waals surface area contributed by atoms with Crippen molar-refractivity contribution in [2.24, 2.45) is 23.5 Å². The van der Waals surface area contributed by atoms with Gasteiger partial charge in [-0.3, -0.25) is 14.4 Å². The lowest BCUT2D eigenvalue weighted by Crippen LogP contribution is -2.58. The van der Waals surface area contributed by atoms with E-state index in [1.165, 1.54) is 0 Å². The molecule has 0 aromatic carbocycles. The van der Waals surface area contributed by atoms with Crippen LogP contribution in [0.3, 0.4) is 0 Å². The van der Waals surface area contributed by atoms with Crippen LogP contribution in [-0.4, -0.2) is 65.3 Å². The fourth-order valence-electron chi connectivity index (χ4n) is 5.41. The van der Waals surface area contributed by atoms with E-state index in [9.17, 15) is 14.4 Å². The van der Waals surface area contributed by atoms with Crippen LogP contribution in [0.25, 0.3) is 0 Å². The van der Waals surface area contributed by atoms with E-state index in [4.69, 9.17) is 5.73 Å². The van der Waals surface area contributed by atoms with E-state index in [1.54, 1.807) is 11.8 Å². The monoisotopic (exact) mass is 418 g/mol. The number of hydrogen-bond acceptors (Lipinski definition) is 4. The van der Waals surface area contributed by atoms with Crippen LogP contribution >= 0.6 is 0 Å². The molecule has 1 unspecified atom stereocenters. The maximum Gasteiger partial charge on any atom is 0.242 e. The fraction of sp³-hybridized carbons (Fsp3) is 0.870. The summed E-state index contributed by atoms with van der Waals surface area (Å²) >= 11 is 0. The minimum atomic E-state index is -0.463. The summed E-state index contributed by atoms with van der Waals surface area (Å²) < 4.78 is 0. The Labute approximate surface area is 180 Å². The summed E-state index contributed by atoms with van der Waals surface area (Å²) in [6.07, 6.45) is 10.0. The predicted molar refractivity (Wildman–Crippen MR) is 114 cm³/mol. The topological polar surface area (TPSA) is 95.7 Å². The van der Waals surface area contributed by atoms with Crippen molar-refractivity contribution < 1.29 is 14.4 Å². The lowest BCUT2D eigenvalue weighted by atomic mass is 9.82. The molecule has 4 fully saturated rings. The first-order valence-electron chi connectivity index (χ1n) is 12.0. The molecule has 0 spiro atoms. The van der Waals surface area contributed by atoms with Crippen LogP contribution in [0, 0.1) is 17.8 Å². The normalized spacial score (nSPS) is 31.9. The van der Waals surface area contributed by atoms with E-state index in [0.717, 1.165) is 64.3 Å². The maximum atomic E-state index is 13.1. The number of hydrogen-bond donors (Lipinski definition) is 2. The van der Waals surface area contributed by atoms with E-state index >= 15 is 0 Å². The highest BCUT2D eigenvalue weighted by Crippen LogP contribution is 2.39. The first kappa shape index (κ1) is 21.6. The van der Waals surface area contributed by atoms with E-state index in [0.29, 0.717) is 37.4 Å². The highest BCUT2D eigenvalue weighted by molar-refractivity contribution is 5.87. The van der Waals surface area contributed by atoms with Gasteiger partial charge < -0.3 is 20.9 Å². The summed E-state index contributed by atoms with van der Waals surface area (Å²) in [4.78, 5) is 42.0. The second-order valence-electron chi connectivity index (χ2n) is 10.0. The van der Waals surface area contributed by atoms with Crippen LogP contribution in [0.4, 0.5) is 0 Å². The third kappa shape index (κ3) is 4.98. The minimum Gasteiger partial charge on any atom is -0.354 e. The third-order valence-electron chi connectivity index (χ3n) is 7.66. The Balaban J connectivity index is 1.36. The summed E-state index contributed by atoms with van der Waals surface area (Å²) in [5.41, 5.74) is 5.78. The van der Waals surface area contributed by atoms with Crippen molar-refractivity contribution in [3.63, 3.8) is 0 Å². The van der Waals surface area contributed by atoms with Crippen LogP contribution in [0.2, 0.25) is 0 Å². The summed E-state index contributed by atoms with van der Waals surface area (Å²) in [5, 5.41) is 3.14. The fourth-order valence-corrected chi connectivity index (χ4v) is 5.41. The molecule has 7 nitrogen and oxygen atoms in total. The zero-order chi connectivity index (χ0) is 21.3. The SMILES string of the molecule is CC(=O)N1CCC(N(C(=O)C2CC2)C2CC2)C[C@@H]1C(=O)NCC1CCC(CN)CC1. The van der Waals surface area contributed by atoms with Crippen LogP contribution in [0.1, 0.15) is 71.1 Å². The van der Waals surface area contributed by atoms with Gasteiger partial charge in [-0.1, -0.05) is 0 Å². The molecule has 3 amide bonds. The predicted octanol–water partition coefficient (Wildman–Crippen LogP) is 1.65. The Morgan fingerprint density at radius 3 is 2.17 bits per heavy atom. The van der Waals surface area contributed by atoms with Crippen molar-refractivity contribution in [1.82, 2.24) is 15.1 Å². The van der Waals surface area contributed by atoms with Gasteiger partial charge in [-0.25, -0.2) is 0 Å². The smallest absolute Gasteiger partial charge is 0.242 e. The van der Waals surface area contributed by atoms with Crippen molar-refractivity contribution in [2.45, 2.75) is 89.3 Å². The van der Waals surface area contributed by atoms with E-state index in [1.807, 2.05) is 0 Å². The molecular formula is C23H38N4O3. The highest BCUT2D eigenvalue weighted by atomic mass is 16.2. The molecule has 1 aliphatic heterocycles. The lowest BCUT2D eigenvalue weighted by Gasteiger charge is -2.43. The minimum absolute atomic E-state index is 0.0505. The molecule has 30 heavy (non-hydrogen) atoms. The van der Waals surface area contributed by atoms with E-state index in [-0.39, 0.29) is 29.7 Å². The zero-order valence-electron chi connectivity index (χ0n) is 18.4. The second-order valence-corrected chi connectivity index (χ2v) is 10.0. The largest absolute Gasteiger partial charge is 0.354 e. The zero-order valence-corrected chi connectivity index (χ0v) is 18.4. The third-order valence-corrected chi connectivity index (χ3v) is 7.66. The van der Waals surface area contributed by atoms with Gasteiger partial charge in [-0.2, -0.15) is 0 Å². The van der Waals surface area contributed by atoms with Gasteiger partial charge in [-0.05, 0) is 82.6 Å². The second kappa shape index (κ2) is 9.25. The Morgan fingerprint density at radius 1 is 0.933 bits per heavy atom. The first-order chi connectivity index (χ1) is 14.5. The molecule has 1 heterocycles. The maximum absolute atomic E-state index is 13.1. The van der Waals surface area contributed by atoms with Gasteiger partial charge in [0.05, 0.1) is 0 Å². The lowest BCUT2D eigenvalue weighted by molar-refractivity contribution is -0.145. The number of carbonyl (C=O) groups is 3. The molecule has 1 saturated heterocycles. The van der Waals surface area contributed by atoms with Gasteiger partial charge in [0, 0.05) is 38.0 Å². The van der Waals surface area contributed by atoms with Gasteiger partial charge in [0.15, 0.2) is 0 Å². The Morgan fingerprint density at radius 2 is 1.60 bits per heavy atom. The number of likely N-dealkylation sites (tertiary alicyclic amines) is 1. The van der Waals surface area contributed by atoms with Crippen molar-refractivity contribution in [1.29, 1.82) is 0 Å². The van der Waals surface area contributed by atoms with Crippen molar-refractivity contribution in [3.8, 4) is 0 Å². The Kier molecular flexibility index (Phi) is 6.66. The number of nitrogens with zero attached hydrogens (tertiary/aromatic N) is 2. The molecule has 7 heteroatoms. The molecule has 0 aromatic heterocycles. The van der Waals surface area contributed by atoms with Gasteiger partial charge in [0.25, 0.3) is 0 Å². The molecule has 3 saturated carbocycles. The highest BCUT2D eigenvalue weighted by Gasteiger charge is 2.46. The molecule has 0 aromatic rings. The van der Waals surface area contributed by atoms with Crippen LogP contribution in [-0.2, 0) is 14.4 Å². The first-order valence-corrected chi connectivity index (χ1v) is 12.0. The summed E-state index contributed by atoms with van der Waals surface area (Å²) in [6, 6.07) is -0.0276. The van der Waals surface area contributed by atoms with E-state index < -0.39 is 6.04 Å². The average Bonchev–Trinajstić information content (AvgIpc) is 3.65. The Hall–Kier alpha value is -1.63. The molecule has 3 aliphatic carbocycles. The standard InChI is InChI=1S/C23H38N4O3/c1-15(28)26-11-10-20(27(19-8-9-19)23(30)18-6-7-18)12-21(26)22(29)25-14-17-4-2-16(13-24)3-5-17/h16-21H,2-14,24H2,1H3,(H,25,29)/t16?,17?,20?,21-/m1/s1. The summed E-state index contributed by atoms with van der Waals surface area (Å²) in [6.45, 7) is 3.53. The van der Waals surface area contributed by atoms with E-state index in [2.05, 4.69) is 10.2 Å². The van der Waals surface area contributed by atoms with Crippen molar-refractivity contribution in [3.05, 3.63) is 0 Å². The van der Waals surface area contributed by atoms with Crippen LogP contribution in [0.15, 0.2) is 0 Å². The number of carbonyl (C=O) groups excluding carboxylic acids is 3. The van der Waals surface area contributed by atoms with Gasteiger partial charge in [0.1, 0.15) is 6.04 Å². The number of amides is 3. The molecule has 3 N–H and O–H groups in total. The molecule has 2 atom stereocenters. The number of nitrogens with one attached hydrogen (secondary N) is 1. The summed E-state index contributed by atoms with van der Waals surface area (Å²) in [7, 11) is 0. The molecule has 0 bridgehead atoms. The van der Waals surface area contributed by atoms with Crippen LogP contribution < -0.4 is 11.1 Å². The number of piperidine rings is 1.